The van der Waals surface area contributed by atoms with Gasteiger partial charge in [0.05, 0.1) is 7.11 Å². The average molecular weight is 164 g/mol. The van der Waals surface area contributed by atoms with Crippen LogP contribution in [-0.2, 0) is 6.42 Å². The number of hydrogen-bond acceptors (Lipinski definition) is 2. The summed E-state index contributed by atoms with van der Waals surface area (Å²) in [4.78, 5) is 0. The van der Waals surface area contributed by atoms with E-state index in [0.717, 1.165) is 18.7 Å². The fourth-order valence-corrected chi connectivity index (χ4v) is 1.02. The summed E-state index contributed by atoms with van der Waals surface area (Å²) in [6.07, 6.45) is 1.01. The van der Waals surface area contributed by atoms with Crippen LogP contribution in [0.1, 0.15) is 5.56 Å². The van der Waals surface area contributed by atoms with E-state index in [-0.39, 0.29) is 0 Å². The Labute approximate surface area is 73.6 Å². The van der Waals surface area contributed by atoms with Gasteiger partial charge in [0.15, 0.2) is 0 Å². The molecule has 12 heavy (non-hydrogen) atoms. The molecule has 1 N–H and O–H groups in total. The highest BCUT2D eigenvalue weighted by molar-refractivity contribution is 5.27. The first kappa shape index (κ1) is 9.07. The molecular weight excluding hydrogens is 150 g/mol. The topological polar surface area (TPSA) is 21.3 Å². The first-order chi connectivity index (χ1) is 5.86. The molecule has 0 aliphatic carbocycles. The van der Waals surface area contributed by atoms with Gasteiger partial charge in [0.1, 0.15) is 5.75 Å². The van der Waals surface area contributed by atoms with Crippen LogP contribution in [0.15, 0.2) is 24.3 Å². The van der Waals surface area contributed by atoms with E-state index in [4.69, 9.17) is 4.74 Å². The van der Waals surface area contributed by atoms with Crippen molar-refractivity contribution >= 4 is 0 Å². The number of nitrogens with one attached hydrogen (secondary N) is 1. The lowest BCUT2D eigenvalue weighted by molar-refractivity contribution is 0.414. The molecule has 0 heterocycles. The van der Waals surface area contributed by atoms with Gasteiger partial charge in [-0.25, -0.2) is 0 Å². The molecule has 0 amide bonds. The van der Waals surface area contributed by atoms with Crippen molar-refractivity contribution in [1.29, 1.82) is 0 Å². The van der Waals surface area contributed by atoms with Gasteiger partial charge >= 0.3 is 0 Å². The van der Waals surface area contributed by atoms with Crippen LogP contribution < -0.4 is 10.1 Å². The molecule has 0 spiro atoms. The third-order valence-corrected chi connectivity index (χ3v) is 1.75. The predicted octanol–water partition coefficient (Wildman–Crippen LogP) is 1.62. The zero-order valence-electron chi connectivity index (χ0n) is 7.34. The van der Waals surface area contributed by atoms with Crippen molar-refractivity contribution in [2.45, 2.75) is 6.42 Å². The molecule has 0 saturated heterocycles. The lowest BCUT2D eigenvalue weighted by atomic mass is 10.1. The summed E-state index contributed by atoms with van der Waals surface area (Å²) in [5, 5.41) is 2.86. The highest BCUT2D eigenvalue weighted by Gasteiger charge is 1.92. The second kappa shape index (κ2) is 4.78. The van der Waals surface area contributed by atoms with E-state index in [1.807, 2.05) is 12.1 Å². The standard InChI is InChI=1S/C10H14NO/c1-11-8-7-9-3-5-10(12-2)6-4-9/h3-6,11H,1,7-8H2,2H3. The minimum Gasteiger partial charge on any atom is -0.497 e. The Bertz CT molecular complexity index is 218. The quantitative estimate of drug-likeness (QED) is 0.730. The van der Waals surface area contributed by atoms with Gasteiger partial charge in [-0.2, -0.15) is 0 Å². The van der Waals surface area contributed by atoms with Gasteiger partial charge in [-0.3, -0.25) is 0 Å². The molecule has 0 saturated carbocycles. The molecule has 2 heteroatoms. The maximum Gasteiger partial charge on any atom is 0.118 e. The van der Waals surface area contributed by atoms with E-state index in [2.05, 4.69) is 24.5 Å². The molecule has 1 radical (unpaired) electrons. The Kier molecular flexibility index (Phi) is 3.61. The van der Waals surface area contributed by atoms with E-state index >= 15 is 0 Å². The van der Waals surface area contributed by atoms with Gasteiger partial charge in [0.2, 0.25) is 0 Å². The van der Waals surface area contributed by atoms with Crippen molar-refractivity contribution in [3.63, 3.8) is 0 Å². The first-order valence-electron chi connectivity index (χ1n) is 3.99. The molecule has 1 aromatic carbocycles. The Morgan fingerprint density at radius 3 is 2.50 bits per heavy atom. The summed E-state index contributed by atoms with van der Waals surface area (Å²) >= 11 is 0. The average Bonchev–Trinajstić information content (AvgIpc) is 2.15. The minimum atomic E-state index is 0.904. The SMILES string of the molecule is [CH2]NCCc1ccc(OC)cc1. The summed E-state index contributed by atoms with van der Waals surface area (Å²) in [7, 11) is 5.23. The Balaban J connectivity index is 2.53. The van der Waals surface area contributed by atoms with Gasteiger partial charge in [-0.15, -0.1) is 0 Å². The normalized spacial score (nSPS) is 9.83. The lowest BCUT2D eigenvalue weighted by Crippen LogP contribution is -2.07. The van der Waals surface area contributed by atoms with Crippen molar-refractivity contribution in [2.24, 2.45) is 0 Å². The molecule has 1 aromatic rings. The highest BCUT2D eigenvalue weighted by atomic mass is 16.5. The minimum absolute atomic E-state index is 0.904. The van der Waals surface area contributed by atoms with Gasteiger partial charge in [-0.05, 0) is 30.7 Å². The lowest BCUT2D eigenvalue weighted by Gasteiger charge is -2.02. The molecule has 0 aliphatic heterocycles. The highest BCUT2D eigenvalue weighted by Crippen LogP contribution is 2.11. The van der Waals surface area contributed by atoms with Crippen LogP contribution in [0.25, 0.3) is 0 Å². The van der Waals surface area contributed by atoms with Gasteiger partial charge < -0.3 is 10.1 Å². The molecule has 0 aromatic heterocycles. The van der Waals surface area contributed by atoms with Crippen LogP contribution in [0.4, 0.5) is 0 Å². The smallest absolute Gasteiger partial charge is 0.118 e. The summed E-state index contributed by atoms with van der Waals surface area (Å²) in [6, 6.07) is 8.07. The zero-order chi connectivity index (χ0) is 8.81. The van der Waals surface area contributed by atoms with E-state index in [9.17, 15) is 0 Å². The molecule has 0 unspecified atom stereocenters. The molecule has 0 atom stereocenters. The number of hydrogen-bond donors (Lipinski definition) is 1. The molecule has 0 aliphatic rings. The van der Waals surface area contributed by atoms with E-state index in [0.29, 0.717) is 0 Å². The third-order valence-electron chi connectivity index (χ3n) is 1.75. The van der Waals surface area contributed by atoms with Crippen molar-refractivity contribution in [3.05, 3.63) is 36.9 Å². The van der Waals surface area contributed by atoms with Crippen LogP contribution in [0, 0.1) is 7.05 Å². The summed E-state index contributed by atoms with van der Waals surface area (Å²) < 4.78 is 5.05. The summed E-state index contributed by atoms with van der Waals surface area (Å²) in [5.41, 5.74) is 1.30. The number of ether oxygens (including phenoxy) is 1. The van der Waals surface area contributed by atoms with Crippen LogP contribution in [0.5, 0.6) is 5.75 Å². The van der Waals surface area contributed by atoms with E-state index < -0.39 is 0 Å². The van der Waals surface area contributed by atoms with Gasteiger partial charge in [0.25, 0.3) is 0 Å². The van der Waals surface area contributed by atoms with Crippen molar-refractivity contribution in [1.82, 2.24) is 5.32 Å². The maximum absolute atomic E-state index is 5.05. The summed E-state index contributed by atoms with van der Waals surface area (Å²) in [5.74, 6) is 0.904. The Morgan fingerprint density at radius 2 is 2.00 bits per heavy atom. The van der Waals surface area contributed by atoms with Gasteiger partial charge in [0, 0.05) is 7.05 Å². The van der Waals surface area contributed by atoms with Crippen molar-refractivity contribution in [3.8, 4) is 5.75 Å². The van der Waals surface area contributed by atoms with E-state index in [1.165, 1.54) is 5.56 Å². The molecule has 2 nitrogen and oxygen atoms in total. The van der Waals surface area contributed by atoms with Gasteiger partial charge in [-0.1, -0.05) is 12.1 Å². The summed E-state index contributed by atoms with van der Waals surface area (Å²) in [6.45, 7) is 0.909. The van der Waals surface area contributed by atoms with Crippen LogP contribution in [0.3, 0.4) is 0 Å². The third kappa shape index (κ3) is 2.55. The second-order valence-electron chi connectivity index (χ2n) is 2.60. The van der Waals surface area contributed by atoms with Crippen molar-refractivity contribution < 1.29 is 4.74 Å². The molecule has 0 fully saturated rings. The predicted molar refractivity (Wildman–Crippen MR) is 50.1 cm³/mol. The molecule has 0 bridgehead atoms. The maximum atomic E-state index is 5.05. The molecular formula is C10H14NO. The number of benzene rings is 1. The Hall–Kier alpha value is -1.02. The van der Waals surface area contributed by atoms with E-state index in [1.54, 1.807) is 7.11 Å². The Morgan fingerprint density at radius 1 is 1.33 bits per heavy atom. The zero-order valence-corrected chi connectivity index (χ0v) is 7.34. The monoisotopic (exact) mass is 164 g/mol. The van der Waals surface area contributed by atoms with Crippen LogP contribution in [0.2, 0.25) is 0 Å². The van der Waals surface area contributed by atoms with Crippen molar-refractivity contribution in [2.75, 3.05) is 13.7 Å². The molecule has 65 valence electrons. The number of rotatable bonds is 4. The van der Waals surface area contributed by atoms with Crippen LogP contribution >= 0.6 is 0 Å². The fraction of sp³-hybridized carbons (Fsp3) is 0.300. The molecule has 1 rings (SSSR count). The first-order valence-corrected chi connectivity index (χ1v) is 3.99. The largest absolute Gasteiger partial charge is 0.497 e. The van der Waals surface area contributed by atoms with Crippen LogP contribution in [-0.4, -0.2) is 13.7 Å². The number of methoxy groups -OCH3 is 1. The second-order valence-corrected chi connectivity index (χ2v) is 2.60. The fourth-order valence-electron chi connectivity index (χ4n) is 1.02.